The van der Waals surface area contributed by atoms with Crippen LogP contribution in [0, 0.1) is 5.82 Å². The molecule has 4 N–H and O–H groups in total. The Bertz CT molecular complexity index is 886. The van der Waals surface area contributed by atoms with Crippen LogP contribution in [0.2, 0.25) is 10.0 Å². The topological polar surface area (TPSA) is 110 Å². The van der Waals surface area contributed by atoms with Gasteiger partial charge in [-0.05, 0) is 43.1 Å². The summed E-state index contributed by atoms with van der Waals surface area (Å²) in [7, 11) is 0. The van der Waals surface area contributed by atoms with Crippen molar-refractivity contribution in [3.05, 3.63) is 58.0 Å². The lowest BCUT2D eigenvalue weighted by molar-refractivity contribution is -0.136. The summed E-state index contributed by atoms with van der Waals surface area (Å²) in [6.45, 7) is 1.78. The van der Waals surface area contributed by atoms with Crippen molar-refractivity contribution in [2.24, 2.45) is 5.73 Å². The Balaban J connectivity index is 2.02. The zero-order chi connectivity index (χ0) is 22.8. The first-order valence-corrected chi connectivity index (χ1v) is 10.3. The standard InChI is InChI=1S/C20H24Cl2FN5O3/c1-13(29)28(26-10-14-4-2-6-17(23)19(14)22)16(5-3-9-24)12-31-20(30)27-18-8-7-15(21)11-25-18/h2,4,6-8,11,16,26H,3,5,9-10,12,24H2,1H3,(H,25,27,30)/t16-/m0/s1. The molecule has 0 aliphatic heterocycles. The van der Waals surface area contributed by atoms with Gasteiger partial charge >= 0.3 is 6.09 Å². The lowest BCUT2D eigenvalue weighted by Gasteiger charge is -2.31. The number of pyridine rings is 1. The van der Waals surface area contributed by atoms with Crippen LogP contribution in [0.5, 0.6) is 0 Å². The van der Waals surface area contributed by atoms with E-state index in [1.54, 1.807) is 12.1 Å². The molecule has 0 aliphatic carbocycles. The zero-order valence-corrected chi connectivity index (χ0v) is 18.4. The Hall–Kier alpha value is -2.46. The lowest BCUT2D eigenvalue weighted by Crippen LogP contribution is -2.50. The molecule has 1 heterocycles. The monoisotopic (exact) mass is 471 g/mol. The van der Waals surface area contributed by atoms with Crippen molar-refractivity contribution in [2.75, 3.05) is 18.5 Å². The number of nitrogens with two attached hydrogens (primary N) is 1. The molecule has 0 unspecified atom stereocenters. The third kappa shape index (κ3) is 7.95. The fourth-order valence-corrected chi connectivity index (χ4v) is 3.06. The largest absolute Gasteiger partial charge is 0.447 e. The predicted octanol–water partition coefficient (Wildman–Crippen LogP) is 3.74. The van der Waals surface area contributed by atoms with Gasteiger partial charge < -0.3 is 10.5 Å². The Morgan fingerprint density at radius 2 is 2.06 bits per heavy atom. The number of hydrogen-bond donors (Lipinski definition) is 3. The summed E-state index contributed by atoms with van der Waals surface area (Å²) in [5.74, 6) is -0.584. The highest BCUT2D eigenvalue weighted by Crippen LogP contribution is 2.20. The van der Waals surface area contributed by atoms with Crippen LogP contribution in [-0.4, -0.2) is 41.2 Å². The van der Waals surface area contributed by atoms with E-state index in [4.69, 9.17) is 33.7 Å². The second-order valence-corrected chi connectivity index (χ2v) is 7.42. The van der Waals surface area contributed by atoms with Crippen molar-refractivity contribution in [1.82, 2.24) is 15.4 Å². The molecular formula is C20H24Cl2FN5O3. The summed E-state index contributed by atoms with van der Waals surface area (Å²) >= 11 is 11.7. The maximum absolute atomic E-state index is 13.7. The van der Waals surface area contributed by atoms with Gasteiger partial charge in [-0.3, -0.25) is 15.1 Å². The van der Waals surface area contributed by atoms with Gasteiger partial charge in [0.05, 0.1) is 16.1 Å². The zero-order valence-electron chi connectivity index (χ0n) is 16.9. The molecule has 1 atom stereocenters. The molecule has 0 saturated carbocycles. The Kier molecular flexibility index (Phi) is 9.93. The van der Waals surface area contributed by atoms with Crippen LogP contribution in [0.4, 0.5) is 15.0 Å². The molecule has 168 valence electrons. The normalized spacial score (nSPS) is 11.6. The molecule has 0 fully saturated rings. The van der Waals surface area contributed by atoms with Gasteiger partial charge in [0.1, 0.15) is 18.2 Å². The van der Waals surface area contributed by atoms with E-state index >= 15 is 0 Å². The molecule has 8 nitrogen and oxygen atoms in total. The maximum Gasteiger partial charge on any atom is 0.412 e. The minimum atomic E-state index is -0.732. The number of amides is 2. The van der Waals surface area contributed by atoms with Crippen molar-refractivity contribution in [3.63, 3.8) is 0 Å². The van der Waals surface area contributed by atoms with Gasteiger partial charge in [-0.1, -0.05) is 35.3 Å². The van der Waals surface area contributed by atoms with Crippen LogP contribution in [0.25, 0.3) is 0 Å². The van der Waals surface area contributed by atoms with E-state index in [1.807, 2.05) is 0 Å². The van der Waals surface area contributed by atoms with Gasteiger partial charge in [-0.2, -0.15) is 0 Å². The fourth-order valence-electron chi connectivity index (χ4n) is 2.76. The number of aromatic nitrogens is 1. The van der Waals surface area contributed by atoms with Gasteiger partial charge in [0, 0.05) is 19.7 Å². The van der Waals surface area contributed by atoms with Gasteiger partial charge in [-0.15, -0.1) is 0 Å². The molecule has 0 saturated heterocycles. The number of hydrogen-bond acceptors (Lipinski definition) is 6. The van der Waals surface area contributed by atoms with Crippen molar-refractivity contribution in [3.8, 4) is 0 Å². The van der Waals surface area contributed by atoms with Gasteiger partial charge in [-0.25, -0.2) is 19.6 Å². The number of carbonyl (C=O) groups is 2. The number of hydrazine groups is 1. The van der Waals surface area contributed by atoms with Crippen LogP contribution in [0.1, 0.15) is 25.3 Å². The highest BCUT2D eigenvalue weighted by Gasteiger charge is 2.23. The first kappa shape index (κ1) is 24.8. The second kappa shape index (κ2) is 12.4. The summed E-state index contributed by atoms with van der Waals surface area (Å²) in [4.78, 5) is 28.3. The third-order valence-corrected chi connectivity index (χ3v) is 4.93. The number of nitrogens with one attached hydrogen (secondary N) is 2. The van der Waals surface area contributed by atoms with E-state index in [2.05, 4.69) is 15.7 Å². The molecular weight excluding hydrogens is 448 g/mol. The average molecular weight is 472 g/mol. The number of halogens is 3. The minimum Gasteiger partial charge on any atom is -0.447 e. The molecule has 0 spiro atoms. The number of carbonyl (C=O) groups excluding carboxylic acids is 2. The van der Waals surface area contributed by atoms with Crippen LogP contribution in [0.15, 0.2) is 36.5 Å². The minimum absolute atomic E-state index is 0.0249. The fraction of sp³-hybridized carbons (Fsp3) is 0.350. The van der Waals surface area contributed by atoms with E-state index in [9.17, 15) is 14.0 Å². The summed E-state index contributed by atoms with van der Waals surface area (Å²) in [6.07, 6.45) is 1.73. The highest BCUT2D eigenvalue weighted by atomic mass is 35.5. The molecule has 2 rings (SSSR count). The molecule has 2 aromatic rings. The summed E-state index contributed by atoms with van der Waals surface area (Å²) in [5, 5.41) is 4.23. The molecule has 0 radical (unpaired) electrons. The van der Waals surface area contributed by atoms with Crippen LogP contribution >= 0.6 is 23.2 Å². The first-order valence-electron chi connectivity index (χ1n) is 9.53. The van der Waals surface area contributed by atoms with Crippen LogP contribution in [0.3, 0.4) is 0 Å². The molecule has 0 aliphatic rings. The number of benzene rings is 1. The lowest BCUT2D eigenvalue weighted by atomic mass is 10.1. The number of ether oxygens (including phenoxy) is 1. The molecule has 1 aromatic carbocycles. The first-order chi connectivity index (χ1) is 14.8. The van der Waals surface area contributed by atoms with E-state index in [0.717, 1.165) is 0 Å². The summed E-state index contributed by atoms with van der Waals surface area (Å²) in [6, 6.07) is 7.03. The quantitative estimate of drug-likeness (QED) is 0.455. The number of nitrogens with zero attached hydrogens (tertiary/aromatic N) is 2. The predicted molar refractivity (Wildman–Crippen MR) is 117 cm³/mol. The van der Waals surface area contributed by atoms with E-state index < -0.39 is 18.0 Å². The molecule has 11 heteroatoms. The van der Waals surface area contributed by atoms with Gasteiger partial charge in [0.2, 0.25) is 5.91 Å². The summed E-state index contributed by atoms with van der Waals surface area (Å²) in [5.41, 5.74) is 9.03. The van der Waals surface area contributed by atoms with Gasteiger partial charge in [0.15, 0.2) is 0 Å². The van der Waals surface area contributed by atoms with E-state index in [0.29, 0.717) is 30.0 Å². The number of rotatable bonds is 10. The van der Waals surface area contributed by atoms with Crippen molar-refractivity contribution in [2.45, 2.75) is 32.4 Å². The second-order valence-electron chi connectivity index (χ2n) is 6.61. The third-order valence-electron chi connectivity index (χ3n) is 4.28. The van der Waals surface area contributed by atoms with Crippen molar-refractivity contribution < 1.29 is 18.7 Å². The van der Waals surface area contributed by atoms with E-state index in [1.165, 1.54) is 36.3 Å². The molecule has 1 aromatic heterocycles. The van der Waals surface area contributed by atoms with Crippen LogP contribution in [-0.2, 0) is 16.1 Å². The molecule has 31 heavy (non-hydrogen) atoms. The highest BCUT2D eigenvalue weighted by molar-refractivity contribution is 6.31. The van der Waals surface area contributed by atoms with Gasteiger partial charge in [0.25, 0.3) is 0 Å². The van der Waals surface area contributed by atoms with E-state index in [-0.39, 0.29) is 29.9 Å². The average Bonchev–Trinajstić information content (AvgIpc) is 2.73. The van der Waals surface area contributed by atoms with Crippen LogP contribution < -0.4 is 16.5 Å². The molecule has 2 amide bonds. The molecule has 0 bridgehead atoms. The summed E-state index contributed by atoms with van der Waals surface area (Å²) < 4.78 is 18.9. The Morgan fingerprint density at radius 1 is 1.29 bits per heavy atom. The van der Waals surface area contributed by atoms with Crippen molar-refractivity contribution in [1.29, 1.82) is 0 Å². The number of anilines is 1. The SMILES string of the molecule is CC(=O)N(NCc1cccc(F)c1Cl)[C@@H](CCCN)COC(=O)Nc1ccc(Cl)cn1. The smallest absolute Gasteiger partial charge is 0.412 e. The Labute approximate surface area is 189 Å². The maximum atomic E-state index is 13.7. The van der Waals surface area contributed by atoms with Crippen molar-refractivity contribution >= 4 is 41.0 Å². The Morgan fingerprint density at radius 3 is 2.71 bits per heavy atom.